The first-order chi connectivity index (χ1) is 7.17. The van der Waals surface area contributed by atoms with Crippen molar-refractivity contribution >= 4 is 0 Å². The Morgan fingerprint density at radius 3 is 2.60 bits per heavy atom. The Kier molecular flexibility index (Phi) is 5.38. The van der Waals surface area contributed by atoms with E-state index in [-0.39, 0.29) is 0 Å². The standard InChI is InChI=1S/C14H27N/c1-4-5-12-6-7-13(10-15)14(9-12)8-11(2)3/h12-14H,2,4-10,15H2,1,3H3. The van der Waals surface area contributed by atoms with Gasteiger partial charge >= 0.3 is 0 Å². The van der Waals surface area contributed by atoms with Gasteiger partial charge in [0.1, 0.15) is 0 Å². The van der Waals surface area contributed by atoms with Crippen LogP contribution >= 0.6 is 0 Å². The van der Waals surface area contributed by atoms with Crippen molar-refractivity contribution in [2.24, 2.45) is 23.5 Å². The molecule has 0 bridgehead atoms. The Labute approximate surface area is 95.1 Å². The lowest BCUT2D eigenvalue weighted by Gasteiger charge is -2.36. The molecule has 0 aromatic rings. The Hall–Kier alpha value is -0.300. The van der Waals surface area contributed by atoms with E-state index in [0.717, 1.165) is 24.3 Å². The SMILES string of the molecule is C=C(C)CC1CC(CCC)CCC1CN. The van der Waals surface area contributed by atoms with E-state index in [1.54, 1.807) is 0 Å². The van der Waals surface area contributed by atoms with Gasteiger partial charge in [-0.2, -0.15) is 0 Å². The fourth-order valence-corrected chi connectivity index (χ4v) is 3.10. The fourth-order valence-electron chi connectivity index (χ4n) is 3.10. The number of allylic oxidation sites excluding steroid dienone is 1. The van der Waals surface area contributed by atoms with Crippen LogP contribution in [0.15, 0.2) is 12.2 Å². The Morgan fingerprint density at radius 1 is 1.33 bits per heavy atom. The van der Waals surface area contributed by atoms with Crippen LogP contribution in [-0.2, 0) is 0 Å². The predicted molar refractivity (Wildman–Crippen MR) is 67.7 cm³/mol. The first-order valence-corrected chi connectivity index (χ1v) is 6.51. The summed E-state index contributed by atoms with van der Waals surface area (Å²) in [6.07, 6.45) is 8.08. The summed E-state index contributed by atoms with van der Waals surface area (Å²) in [5.74, 6) is 2.54. The fraction of sp³-hybridized carbons (Fsp3) is 0.857. The van der Waals surface area contributed by atoms with Crippen LogP contribution in [0.25, 0.3) is 0 Å². The minimum atomic E-state index is 0.759. The third-order valence-electron chi connectivity index (χ3n) is 3.86. The lowest BCUT2D eigenvalue weighted by Crippen LogP contribution is -2.30. The molecule has 1 rings (SSSR count). The first-order valence-electron chi connectivity index (χ1n) is 6.51. The summed E-state index contributed by atoms with van der Waals surface area (Å²) in [7, 11) is 0. The Balaban J connectivity index is 2.48. The highest BCUT2D eigenvalue weighted by Gasteiger charge is 2.28. The maximum Gasteiger partial charge on any atom is -0.00461 e. The highest BCUT2D eigenvalue weighted by Crippen LogP contribution is 2.38. The molecule has 1 aliphatic rings. The molecular formula is C14H27N. The molecule has 3 atom stereocenters. The summed E-state index contributed by atoms with van der Waals surface area (Å²) in [4.78, 5) is 0. The summed E-state index contributed by atoms with van der Waals surface area (Å²) >= 11 is 0. The van der Waals surface area contributed by atoms with Crippen LogP contribution in [-0.4, -0.2) is 6.54 Å². The van der Waals surface area contributed by atoms with E-state index < -0.39 is 0 Å². The monoisotopic (exact) mass is 209 g/mol. The van der Waals surface area contributed by atoms with Crippen molar-refractivity contribution < 1.29 is 0 Å². The number of rotatable bonds is 5. The molecule has 15 heavy (non-hydrogen) atoms. The van der Waals surface area contributed by atoms with Crippen molar-refractivity contribution in [3.8, 4) is 0 Å². The lowest BCUT2D eigenvalue weighted by molar-refractivity contribution is 0.175. The molecule has 0 aromatic carbocycles. The van der Waals surface area contributed by atoms with Gasteiger partial charge in [0, 0.05) is 0 Å². The first kappa shape index (κ1) is 12.8. The second-order valence-electron chi connectivity index (χ2n) is 5.38. The average Bonchev–Trinajstić information content (AvgIpc) is 2.18. The van der Waals surface area contributed by atoms with Crippen LogP contribution in [0.1, 0.15) is 52.4 Å². The van der Waals surface area contributed by atoms with Gasteiger partial charge in [0.25, 0.3) is 0 Å². The van der Waals surface area contributed by atoms with E-state index in [0.29, 0.717) is 0 Å². The normalized spacial score (nSPS) is 31.5. The van der Waals surface area contributed by atoms with E-state index >= 15 is 0 Å². The number of hydrogen-bond acceptors (Lipinski definition) is 1. The van der Waals surface area contributed by atoms with Crippen LogP contribution in [0.4, 0.5) is 0 Å². The quantitative estimate of drug-likeness (QED) is 0.686. The molecule has 0 saturated heterocycles. The van der Waals surface area contributed by atoms with E-state index in [1.165, 1.54) is 44.1 Å². The molecule has 0 amide bonds. The van der Waals surface area contributed by atoms with Gasteiger partial charge in [-0.1, -0.05) is 31.8 Å². The van der Waals surface area contributed by atoms with E-state index in [9.17, 15) is 0 Å². The van der Waals surface area contributed by atoms with Crippen LogP contribution in [0.5, 0.6) is 0 Å². The summed E-state index contributed by atoms with van der Waals surface area (Å²) in [6.45, 7) is 9.36. The van der Waals surface area contributed by atoms with Crippen LogP contribution in [0, 0.1) is 17.8 Å². The maximum absolute atomic E-state index is 5.86. The summed E-state index contributed by atoms with van der Waals surface area (Å²) in [5.41, 5.74) is 7.19. The minimum absolute atomic E-state index is 0.759. The van der Waals surface area contributed by atoms with Crippen LogP contribution in [0.3, 0.4) is 0 Å². The molecule has 3 unspecified atom stereocenters. The Bertz CT molecular complexity index is 198. The van der Waals surface area contributed by atoms with Crippen molar-refractivity contribution in [2.45, 2.75) is 52.4 Å². The van der Waals surface area contributed by atoms with Crippen molar-refractivity contribution in [2.75, 3.05) is 6.54 Å². The summed E-state index contributed by atoms with van der Waals surface area (Å²) in [5, 5.41) is 0. The molecule has 0 spiro atoms. The lowest BCUT2D eigenvalue weighted by atomic mass is 9.71. The van der Waals surface area contributed by atoms with Crippen molar-refractivity contribution in [1.82, 2.24) is 0 Å². The molecule has 0 heterocycles. The van der Waals surface area contributed by atoms with Crippen LogP contribution in [0.2, 0.25) is 0 Å². The van der Waals surface area contributed by atoms with Gasteiger partial charge in [-0.15, -0.1) is 6.58 Å². The third-order valence-corrected chi connectivity index (χ3v) is 3.86. The second kappa shape index (κ2) is 6.32. The summed E-state index contributed by atoms with van der Waals surface area (Å²) in [6, 6.07) is 0. The highest BCUT2D eigenvalue weighted by molar-refractivity contribution is 4.94. The molecule has 0 radical (unpaired) electrons. The Morgan fingerprint density at radius 2 is 2.07 bits per heavy atom. The summed E-state index contributed by atoms with van der Waals surface area (Å²) < 4.78 is 0. The van der Waals surface area contributed by atoms with E-state index in [2.05, 4.69) is 20.4 Å². The smallest absolute Gasteiger partial charge is 0.00461 e. The molecule has 1 saturated carbocycles. The molecule has 1 heteroatoms. The average molecular weight is 209 g/mol. The molecule has 1 aliphatic carbocycles. The van der Waals surface area contributed by atoms with Gasteiger partial charge in [-0.3, -0.25) is 0 Å². The molecule has 88 valence electrons. The molecule has 1 fully saturated rings. The molecule has 0 aliphatic heterocycles. The van der Waals surface area contributed by atoms with Gasteiger partial charge in [0.15, 0.2) is 0 Å². The van der Waals surface area contributed by atoms with Gasteiger partial charge < -0.3 is 5.73 Å². The highest BCUT2D eigenvalue weighted by atomic mass is 14.6. The van der Waals surface area contributed by atoms with E-state index in [4.69, 9.17) is 5.73 Å². The third kappa shape index (κ3) is 3.98. The molecule has 0 aromatic heterocycles. The zero-order chi connectivity index (χ0) is 11.3. The van der Waals surface area contributed by atoms with Gasteiger partial charge in [0.05, 0.1) is 0 Å². The second-order valence-corrected chi connectivity index (χ2v) is 5.38. The molecular weight excluding hydrogens is 182 g/mol. The number of nitrogens with two attached hydrogens (primary N) is 1. The minimum Gasteiger partial charge on any atom is -0.330 e. The maximum atomic E-state index is 5.86. The zero-order valence-corrected chi connectivity index (χ0v) is 10.5. The van der Waals surface area contributed by atoms with Crippen molar-refractivity contribution in [1.29, 1.82) is 0 Å². The van der Waals surface area contributed by atoms with Gasteiger partial charge in [0.2, 0.25) is 0 Å². The van der Waals surface area contributed by atoms with Crippen molar-refractivity contribution in [3.05, 3.63) is 12.2 Å². The van der Waals surface area contributed by atoms with E-state index in [1.807, 2.05) is 0 Å². The molecule has 2 N–H and O–H groups in total. The van der Waals surface area contributed by atoms with Crippen LogP contribution < -0.4 is 5.73 Å². The topological polar surface area (TPSA) is 26.0 Å². The zero-order valence-electron chi connectivity index (χ0n) is 10.5. The largest absolute Gasteiger partial charge is 0.330 e. The molecule has 1 nitrogen and oxygen atoms in total. The van der Waals surface area contributed by atoms with Gasteiger partial charge in [-0.25, -0.2) is 0 Å². The number of hydrogen-bond donors (Lipinski definition) is 1. The van der Waals surface area contributed by atoms with Crippen molar-refractivity contribution in [3.63, 3.8) is 0 Å². The predicted octanol–water partition coefficient (Wildman–Crippen LogP) is 3.74. The van der Waals surface area contributed by atoms with Gasteiger partial charge in [-0.05, 0) is 50.5 Å².